The Morgan fingerprint density at radius 1 is 1.07 bits per heavy atom. The summed E-state index contributed by atoms with van der Waals surface area (Å²) in [7, 11) is 0. The molecule has 3 amide bonds. The third-order valence-electron chi connectivity index (χ3n) is 5.87. The van der Waals surface area contributed by atoms with Gasteiger partial charge in [0.15, 0.2) is 0 Å². The first-order valence-corrected chi connectivity index (χ1v) is 10.9. The lowest BCUT2D eigenvalue weighted by Gasteiger charge is -2.29. The summed E-state index contributed by atoms with van der Waals surface area (Å²) in [6, 6.07) is 4.33. The summed E-state index contributed by atoms with van der Waals surface area (Å²) >= 11 is 0. The maximum Gasteiger partial charge on any atom is 0.262 e. The van der Waals surface area contributed by atoms with Crippen LogP contribution in [0.3, 0.4) is 0 Å². The second kappa shape index (κ2) is 9.83. The number of carbonyl (C=O) groups excluding carboxylic acids is 4. The van der Waals surface area contributed by atoms with Gasteiger partial charge in [-0.2, -0.15) is 0 Å². The van der Waals surface area contributed by atoms with Gasteiger partial charge in [-0.25, -0.2) is 0 Å². The Balaban J connectivity index is 1.59. The van der Waals surface area contributed by atoms with Crippen molar-refractivity contribution in [3.63, 3.8) is 0 Å². The molecule has 2 heterocycles. The molecular weight excluding hydrogens is 380 g/mol. The number of benzene rings is 1. The number of unbranched alkanes of at least 4 members (excludes halogenated alkanes) is 4. The third kappa shape index (κ3) is 4.86. The summed E-state index contributed by atoms with van der Waals surface area (Å²) in [5.41, 5.74) is 2.10. The van der Waals surface area contributed by atoms with Crippen LogP contribution >= 0.6 is 0 Å². The molecule has 30 heavy (non-hydrogen) atoms. The molecular formula is C24H30N2O4. The van der Waals surface area contributed by atoms with Crippen LogP contribution in [-0.4, -0.2) is 34.4 Å². The van der Waals surface area contributed by atoms with Crippen LogP contribution in [0.4, 0.5) is 0 Å². The highest BCUT2D eigenvalue weighted by Crippen LogP contribution is 2.29. The summed E-state index contributed by atoms with van der Waals surface area (Å²) in [6.45, 7) is 5.90. The Bertz CT molecular complexity index is 874. The van der Waals surface area contributed by atoms with Crippen LogP contribution in [0.2, 0.25) is 0 Å². The van der Waals surface area contributed by atoms with Crippen LogP contribution < -0.4 is 5.32 Å². The first-order valence-electron chi connectivity index (χ1n) is 10.9. The van der Waals surface area contributed by atoms with Gasteiger partial charge in [0.25, 0.3) is 11.8 Å². The number of nitrogens with zero attached hydrogens (tertiary/aromatic N) is 1. The van der Waals surface area contributed by atoms with E-state index in [4.69, 9.17) is 0 Å². The van der Waals surface area contributed by atoms with Gasteiger partial charge in [0.2, 0.25) is 5.91 Å². The number of carbonyl (C=O) groups is 4. The number of piperidine rings is 1. The molecule has 0 aliphatic carbocycles. The lowest BCUT2D eigenvalue weighted by Crippen LogP contribution is -2.51. The van der Waals surface area contributed by atoms with Crippen molar-refractivity contribution in [1.29, 1.82) is 0 Å². The number of fused-ring (bicyclic) bond motifs is 1. The van der Waals surface area contributed by atoms with Crippen LogP contribution in [0.15, 0.2) is 30.5 Å². The van der Waals surface area contributed by atoms with Gasteiger partial charge in [-0.15, -0.1) is 0 Å². The van der Waals surface area contributed by atoms with Crippen molar-refractivity contribution >= 4 is 23.5 Å². The van der Waals surface area contributed by atoms with Gasteiger partial charge >= 0.3 is 0 Å². The lowest BCUT2D eigenvalue weighted by atomic mass is 10.00. The molecule has 1 atom stereocenters. The van der Waals surface area contributed by atoms with E-state index in [-0.39, 0.29) is 11.7 Å². The fraction of sp³-hybridized carbons (Fsp3) is 0.500. The van der Waals surface area contributed by atoms with Crippen molar-refractivity contribution in [2.75, 3.05) is 0 Å². The number of aryl methyl sites for hydroxylation is 1. The topological polar surface area (TPSA) is 83.6 Å². The molecule has 1 fully saturated rings. The normalized spacial score (nSPS) is 18.6. The van der Waals surface area contributed by atoms with Gasteiger partial charge in [0.05, 0.1) is 11.1 Å². The van der Waals surface area contributed by atoms with Gasteiger partial charge in [-0.1, -0.05) is 45.3 Å². The van der Waals surface area contributed by atoms with Crippen LogP contribution in [0.5, 0.6) is 0 Å². The van der Waals surface area contributed by atoms with Gasteiger partial charge in [0.1, 0.15) is 11.8 Å². The smallest absolute Gasteiger partial charge is 0.262 e. The number of rotatable bonds is 10. The number of amides is 3. The molecule has 2 aliphatic rings. The molecule has 6 heteroatoms. The molecule has 0 spiro atoms. The van der Waals surface area contributed by atoms with Gasteiger partial charge in [0, 0.05) is 18.5 Å². The van der Waals surface area contributed by atoms with E-state index in [1.807, 2.05) is 0 Å². The first kappa shape index (κ1) is 21.9. The SMILES string of the molecule is C=C1CCC(N2C(=O)c3ccc(CCC(=O)CCCCCCC)cc3C2=O)C(=O)N1. The molecule has 1 aromatic carbocycles. The number of Topliss-reactive ketones (excluding diaryl/α,β-unsaturated/α-hetero) is 1. The van der Waals surface area contributed by atoms with Crippen molar-refractivity contribution in [1.82, 2.24) is 10.2 Å². The maximum absolute atomic E-state index is 12.9. The van der Waals surface area contributed by atoms with Crippen LogP contribution in [-0.2, 0) is 16.0 Å². The van der Waals surface area contributed by atoms with Crippen molar-refractivity contribution in [2.24, 2.45) is 0 Å². The minimum Gasteiger partial charge on any atom is -0.329 e. The fourth-order valence-electron chi connectivity index (χ4n) is 4.09. The molecule has 1 unspecified atom stereocenters. The van der Waals surface area contributed by atoms with Crippen LogP contribution in [0, 0.1) is 0 Å². The first-order chi connectivity index (χ1) is 14.4. The molecule has 0 bridgehead atoms. The number of hydrogen-bond donors (Lipinski definition) is 1. The summed E-state index contributed by atoms with van der Waals surface area (Å²) in [5, 5.41) is 2.63. The second-order valence-corrected chi connectivity index (χ2v) is 8.21. The Labute approximate surface area is 177 Å². The highest BCUT2D eigenvalue weighted by molar-refractivity contribution is 6.23. The predicted octanol–water partition coefficient (Wildman–Crippen LogP) is 3.94. The highest BCUT2D eigenvalue weighted by Gasteiger charge is 2.43. The van der Waals surface area contributed by atoms with E-state index in [1.165, 1.54) is 19.3 Å². The fourth-order valence-corrected chi connectivity index (χ4v) is 4.09. The summed E-state index contributed by atoms with van der Waals surface area (Å²) in [6.07, 6.45) is 8.10. The van der Waals surface area contributed by atoms with E-state index in [0.717, 1.165) is 23.3 Å². The highest BCUT2D eigenvalue weighted by atomic mass is 16.2. The number of ketones is 1. The zero-order valence-electron chi connectivity index (χ0n) is 17.7. The summed E-state index contributed by atoms with van der Waals surface area (Å²) in [5.74, 6) is -1.01. The Morgan fingerprint density at radius 3 is 2.53 bits per heavy atom. The minimum atomic E-state index is -0.805. The van der Waals surface area contributed by atoms with Crippen LogP contribution in [0.1, 0.15) is 91.0 Å². The van der Waals surface area contributed by atoms with E-state index in [9.17, 15) is 19.2 Å². The molecule has 160 valence electrons. The molecule has 0 aromatic heterocycles. The average molecular weight is 411 g/mol. The summed E-state index contributed by atoms with van der Waals surface area (Å²) < 4.78 is 0. The monoisotopic (exact) mass is 410 g/mol. The van der Waals surface area contributed by atoms with Crippen molar-refractivity contribution in [3.8, 4) is 0 Å². The second-order valence-electron chi connectivity index (χ2n) is 8.21. The van der Waals surface area contributed by atoms with Gasteiger partial charge < -0.3 is 5.32 Å². The maximum atomic E-state index is 12.9. The zero-order valence-corrected chi connectivity index (χ0v) is 17.7. The van der Waals surface area contributed by atoms with E-state index >= 15 is 0 Å². The van der Waals surface area contributed by atoms with E-state index in [1.54, 1.807) is 18.2 Å². The quantitative estimate of drug-likeness (QED) is 0.468. The number of imide groups is 1. The van der Waals surface area contributed by atoms with Crippen molar-refractivity contribution < 1.29 is 19.2 Å². The van der Waals surface area contributed by atoms with Crippen molar-refractivity contribution in [2.45, 2.75) is 77.2 Å². The summed E-state index contributed by atoms with van der Waals surface area (Å²) in [4.78, 5) is 51.1. The van der Waals surface area contributed by atoms with Crippen LogP contribution in [0.25, 0.3) is 0 Å². The number of nitrogens with one attached hydrogen (secondary N) is 1. The van der Waals surface area contributed by atoms with Gasteiger partial charge in [-0.3, -0.25) is 24.1 Å². The molecule has 1 saturated heterocycles. The Kier molecular flexibility index (Phi) is 7.19. The Hall–Kier alpha value is -2.76. The number of hydrogen-bond acceptors (Lipinski definition) is 4. The molecule has 3 rings (SSSR count). The van der Waals surface area contributed by atoms with Crippen molar-refractivity contribution in [3.05, 3.63) is 47.2 Å². The average Bonchev–Trinajstić information content (AvgIpc) is 2.96. The van der Waals surface area contributed by atoms with Gasteiger partial charge in [-0.05, 0) is 43.4 Å². The molecule has 2 aliphatic heterocycles. The zero-order chi connectivity index (χ0) is 21.7. The third-order valence-corrected chi connectivity index (χ3v) is 5.87. The Morgan fingerprint density at radius 2 is 1.80 bits per heavy atom. The van der Waals surface area contributed by atoms with E-state index in [0.29, 0.717) is 48.9 Å². The van der Waals surface area contributed by atoms with E-state index in [2.05, 4.69) is 18.8 Å². The standard InChI is InChI=1S/C24H30N2O4/c1-3-4-5-6-7-8-18(27)12-10-17-11-13-19-20(15-17)24(30)26(23(19)29)21-14-9-16(2)25-22(21)28/h11,13,15,21H,2-10,12,14H2,1H3,(H,25,28). The largest absolute Gasteiger partial charge is 0.329 e. The molecule has 1 aromatic rings. The minimum absolute atomic E-state index is 0.232. The lowest BCUT2D eigenvalue weighted by molar-refractivity contribution is -0.125. The molecule has 0 radical (unpaired) electrons. The molecule has 6 nitrogen and oxygen atoms in total. The molecule has 1 N–H and O–H groups in total. The molecule has 0 saturated carbocycles. The van der Waals surface area contributed by atoms with E-state index < -0.39 is 17.9 Å². The number of allylic oxidation sites excluding steroid dienone is 1. The predicted molar refractivity (Wildman–Crippen MR) is 114 cm³/mol.